The number of nitrogens with two attached hydrogens (primary N) is 1. The van der Waals surface area contributed by atoms with Gasteiger partial charge >= 0.3 is 6.03 Å². The Bertz CT molecular complexity index is 750. The lowest BCUT2D eigenvalue weighted by Gasteiger charge is -2.27. The van der Waals surface area contributed by atoms with E-state index >= 15 is 0 Å². The zero-order chi connectivity index (χ0) is 18.9. The Morgan fingerprint density at radius 3 is 2.63 bits per heavy atom. The number of benzene rings is 1. The van der Waals surface area contributed by atoms with Crippen molar-refractivity contribution in [2.45, 2.75) is 50.6 Å². The van der Waals surface area contributed by atoms with Gasteiger partial charge in [0.2, 0.25) is 5.91 Å². The van der Waals surface area contributed by atoms with Crippen molar-refractivity contribution in [2.75, 3.05) is 13.1 Å². The van der Waals surface area contributed by atoms with Gasteiger partial charge < -0.3 is 16.4 Å². The summed E-state index contributed by atoms with van der Waals surface area (Å²) in [6.07, 6.45) is 2.71. The lowest BCUT2D eigenvalue weighted by atomic mass is 9.92. The van der Waals surface area contributed by atoms with Crippen molar-refractivity contribution >= 4 is 30.3 Å². The summed E-state index contributed by atoms with van der Waals surface area (Å²) in [5.74, 6) is -0.735. The number of nitrogens with one attached hydrogen (secondary N) is 2. The molecule has 1 atom stereocenters. The van der Waals surface area contributed by atoms with E-state index in [0.717, 1.165) is 35.3 Å². The number of halogens is 1. The SMILES string of the molecule is CCC(N)(CC)CNC(=O)CN1C(=O)NC2(CCc3ccccc32)C1=O.Cl. The minimum absolute atomic E-state index is 0. The summed E-state index contributed by atoms with van der Waals surface area (Å²) in [6.45, 7) is 3.96. The Hall–Kier alpha value is -2.12. The second kappa shape index (κ2) is 7.86. The van der Waals surface area contributed by atoms with E-state index in [1.165, 1.54) is 0 Å². The monoisotopic (exact) mass is 394 g/mol. The Kier molecular flexibility index (Phi) is 6.17. The zero-order valence-electron chi connectivity index (χ0n) is 15.7. The molecule has 3 rings (SSSR count). The van der Waals surface area contributed by atoms with Crippen molar-refractivity contribution in [2.24, 2.45) is 5.73 Å². The maximum atomic E-state index is 13.0. The molecule has 1 heterocycles. The highest BCUT2D eigenvalue weighted by Gasteiger charge is 2.55. The Balaban J connectivity index is 0.00000261. The van der Waals surface area contributed by atoms with E-state index in [4.69, 9.17) is 5.73 Å². The van der Waals surface area contributed by atoms with Gasteiger partial charge in [0, 0.05) is 12.1 Å². The van der Waals surface area contributed by atoms with Gasteiger partial charge in [-0.15, -0.1) is 12.4 Å². The van der Waals surface area contributed by atoms with Crippen LogP contribution in [0.2, 0.25) is 0 Å². The van der Waals surface area contributed by atoms with Crippen LogP contribution in [0.15, 0.2) is 24.3 Å². The van der Waals surface area contributed by atoms with Crippen molar-refractivity contribution < 1.29 is 14.4 Å². The fourth-order valence-electron chi connectivity index (χ4n) is 3.71. The average molecular weight is 395 g/mol. The largest absolute Gasteiger partial charge is 0.353 e. The third-order valence-corrected chi connectivity index (χ3v) is 5.77. The molecule has 1 spiro atoms. The van der Waals surface area contributed by atoms with Crippen molar-refractivity contribution in [3.8, 4) is 0 Å². The maximum absolute atomic E-state index is 13.0. The van der Waals surface area contributed by atoms with Crippen molar-refractivity contribution in [3.05, 3.63) is 35.4 Å². The predicted octanol–water partition coefficient (Wildman–Crippen LogP) is 1.44. The summed E-state index contributed by atoms with van der Waals surface area (Å²) in [6, 6.07) is 7.10. The molecule has 27 heavy (non-hydrogen) atoms. The number of hydrogen-bond donors (Lipinski definition) is 3. The molecule has 0 saturated carbocycles. The van der Waals surface area contributed by atoms with Gasteiger partial charge in [0.15, 0.2) is 0 Å². The topological polar surface area (TPSA) is 105 Å². The standard InChI is InChI=1S/C19H26N4O3.ClH/c1-3-18(20,4-2)12-21-15(24)11-23-16(25)19(22-17(23)26)10-9-13-7-5-6-8-14(13)19;/h5-8H,3-4,9-12,20H2,1-2H3,(H,21,24)(H,22,26);1H. The average Bonchev–Trinajstić information content (AvgIpc) is 3.13. The minimum Gasteiger partial charge on any atom is -0.353 e. The fourth-order valence-corrected chi connectivity index (χ4v) is 3.71. The van der Waals surface area contributed by atoms with Crippen LogP contribution in [0.1, 0.15) is 44.2 Å². The van der Waals surface area contributed by atoms with E-state index in [-0.39, 0.29) is 30.8 Å². The van der Waals surface area contributed by atoms with E-state index < -0.39 is 17.1 Å². The van der Waals surface area contributed by atoms with Crippen molar-refractivity contribution in [1.29, 1.82) is 0 Å². The molecule has 0 radical (unpaired) electrons. The number of urea groups is 1. The Labute approximate surface area is 165 Å². The van der Waals surface area contributed by atoms with E-state index in [9.17, 15) is 14.4 Å². The molecule has 0 aromatic heterocycles. The number of fused-ring (bicyclic) bond motifs is 2. The number of nitrogens with zero attached hydrogens (tertiary/aromatic N) is 1. The highest BCUT2D eigenvalue weighted by atomic mass is 35.5. The van der Waals surface area contributed by atoms with E-state index in [1.807, 2.05) is 38.1 Å². The van der Waals surface area contributed by atoms with Gasteiger partial charge in [-0.1, -0.05) is 38.1 Å². The summed E-state index contributed by atoms with van der Waals surface area (Å²) >= 11 is 0. The number of carbonyl (C=O) groups excluding carboxylic acids is 3. The molecule has 1 saturated heterocycles. The van der Waals surface area contributed by atoms with Crippen LogP contribution in [0.25, 0.3) is 0 Å². The van der Waals surface area contributed by atoms with Crippen LogP contribution in [0, 0.1) is 0 Å². The first-order chi connectivity index (χ1) is 12.3. The molecule has 8 heteroatoms. The molecule has 1 aromatic carbocycles. The van der Waals surface area contributed by atoms with Crippen LogP contribution in [-0.4, -0.2) is 41.4 Å². The molecule has 4 N–H and O–H groups in total. The van der Waals surface area contributed by atoms with Crippen LogP contribution in [0.4, 0.5) is 4.79 Å². The number of hydrogen-bond acceptors (Lipinski definition) is 4. The van der Waals surface area contributed by atoms with Gasteiger partial charge in [0.05, 0.1) is 0 Å². The highest BCUT2D eigenvalue weighted by Crippen LogP contribution is 2.41. The molecule has 4 amide bonds. The van der Waals surface area contributed by atoms with Crippen LogP contribution in [0.5, 0.6) is 0 Å². The van der Waals surface area contributed by atoms with E-state index in [0.29, 0.717) is 13.0 Å². The van der Waals surface area contributed by atoms with Gasteiger partial charge in [0.25, 0.3) is 5.91 Å². The number of imide groups is 1. The molecule has 7 nitrogen and oxygen atoms in total. The van der Waals surface area contributed by atoms with Gasteiger partial charge in [0.1, 0.15) is 12.1 Å². The molecule has 148 valence electrons. The third-order valence-electron chi connectivity index (χ3n) is 5.77. The van der Waals surface area contributed by atoms with Crippen LogP contribution in [-0.2, 0) is 21.5 Å². The van der Waals surface area contributed by atoms with Gasteiger partial charge in [-0.25, -0.2) is 4.79 Å². The normalized spacial score (nSPS) is 21.1. The summed E-state index contributed by atoms with van der Waals surface area (Å²) in [5, 5.41) is 5.57. The first kappa shape index (κ1) is 21.2. The predicted molar refractivity (Wildman–Crippen MR) is 104 cm³/mol. The summed E-state index contributed by atoms with van der Waals surface area (Å²) in [4.78, 5) is 38.7. The Morgan fingerprint density at radius 2 is 1.96 bits per heavy atom. The smallest absolute Gasteiger partial charge is 0.325 e. The number of aryl methyl sites for hydroxylation is 1. The lowest BCUT2D eigenvalue weighted by Crippen LogP contribution is -2.51. The summed E-state index contributed by atoms with van der Waals surface area (Å²) < 4.78 is 0. The second-order valence-electron chi connectivity index (χ2n) is 7.23. The van der Waals surface area contributed by atoms with Gasteiger partial charge in [-0.05, 0) is 36.8 Å². The van der Waals surface area contributed by atoms with Crippen LogP contribution < -0.4 is 16.4 Å². The van der Waals surface area contributed by atoms with Gasteiger partial charge in [-0.2, -0.15) is 0 Å². The zero-order valence-corrected chi connectivity index (χ0v) is 16.5. The number of rotatable bonds is 6. The molecule has 1 aromatic rings. The number of amides is 4. The van der Waals surface area contributed by atoms with Gasteiger partial charge in [-0.3, -0.25) is 14.5 Å². The molecule has 1 aliphatic heterocycles. The molecular formula is C19H27ClN4O3. The van der Waals surface area contributed by atoms with Crippen LogP contribution in [0.3, 0.4) is 0 Å². The van der Waals surface area contributed by atoms with E-state index in [2.05, 4.69) is 10.6 Å². The second-order valence-corrected chi connectivity index (χ2v) is 7.23. The quantitative estimate of drug-likeness (QED) is 0.635. The first-order valence-electron chi connectivity index (χ1n) is 9.13. The fraction of sp³-hybridized carbons (Fsp3) is 0.526. The Morgan fingerprint density at radius 1 is 1.30 bits per heavy atom. The van der Waals surface area contributed by atoms with Crippen LogP contribution >= 0.6 is 12.4 Å². The molecule has 0 bridgehead atoms. The van der Waals surface area contributed by atoms with E-state index in [1.54, 1.807) is 0 Å². The first-order valence-corrected chi connectivity index (χ1v) is 9.13. The minimum atomic E-state index is -1.03. The molecular weight excluding hydrogens is 368 g/mol. The van der Waals surface area contributed by atoms with Crippen molar-refractivity contribution in [3.63, 3.8) is 0 Å². The third kappa shape index (κ3) is 3.66. The maximum Gasteiger partial charge on any atom is 0.325 e. The molecule has 1 fully saturated rings. The highest BCUT2D eigenvalue weighted by molar-refractivity contribution is 6.09. The lowest BCUT2D eigenvalue weighted by molar-refractivity contribution is -0.135. The summed E-state index contributed by atoms with van der Waals surface area (Å²) in [5.41, 5.74) is 6.57. The molecule has 2 aliphatic rings. The number of carbonyl (C=O) groups is 3. The molecule has 1 unspecified atom stereocenters. The molecule has 1 aliphatic carbocycles. The van der Waals surface area contributed by atoms with Crippen molar-refractivity contribution in [1.82, 2.24) is 15.5 Å². The summed E-state index contributed by atoms with van der Waals surface area (Å²) in [7, 11) is 0.